The standard InChI is InChI=1S/C13H15N3O3/c1-8-6-9(19-16-8)7-15-13(17)10-4-3-5-11(14)12(10)18-2/h3-6H,7,14H2,1-2H3,(H,15,17). The molecular weight excluding hydrogens is 246 g/mol. The summed E-state index contributed by atoms with van der Waals surface area (Å²) >= 11 is 0. The van der Waals surface area contributed by atoms with Gasteiger partial charge in [-0.05, 0) is 19.1 Å². The molecule has 0 radical (unpaired) electrons. The van der Waals surface area contributed by atoms with Crippen molar-refractivity contribution in [1.82, 2.24) is 10.5 Å². The fraction of sp³-hybridized carbons (Fsp3) is 0.231. The van der Waals surface area contributed by atoms with Gasteiger partial charge in [0.1, 0.15) is 0 Å². The van der Waals surface area contributed by atoms with Gasteiger partial charge >= 0.3 is 0 Å². The molecule has 1 amide bonds. The van der Waals surface area contributed by atoms with Crippen LogP contribution in [0.4, 0.5) is 5.69 Å². The van der Waals surface area contributed by atoms with Crippen LogP contribution in [0.3, 0.4) is 0 Å². The molecule has 0 saturated carbocycles. The van der Waals surface area contributed by atoms with E-state index in [9.17, 15) is 4.79 Å². The first kappa shape index (κ1) is 12.9. The molecule has 0 atom stereocenters. The van der Waals surface area contributed by atoms with Crippen molar-refractivity contribution in [2.75, 3.05) is 12.8 Å². The summed E-state index contributed by atoms with van der Waals surface area (Å²) in [6, 6.07) is 6.79. The van der Waals surface area contributed by atoms with Gasteiger partial charge in [-0.15, -0.1) is 0 Å². The van der Waals surface area contributed by atoms with Gasteiger partial charge in [-0.1, -0.05) is 11.2 Å². The molecular formula is C13H15N3O3. The van der Waals surface area contributed by atoms with E-state index in [2.05, 4.69) is 10.5 Å². The summed E-state index contributed by atoms with van der Waals surface area (Å²) in [5, 5.41) is 6.47. The Morgan fingerprint density at radius 2 is 2.32 bits per heavy atom. The predicted octanol–water partition coefficient (Wildman–Crippen LogP) is 1.50. The molecule has 100 valence electrons. The van der Waals surface area contributed by atoms with E-state index in [-0.39, 0.29) is 12.5 Å². The molecule has 0 spiro atoms. The van der Waals surface area contributed by atoms with E-state index in [1.54, 1.807) is 24.3 Å². The highest BCUT2D eigenvalue weighted by molar-refractivity contribution is 5.98. The van der Waals surface area contributed by atoms with Crippen molar-refractivity contribution in [3.8, 4) is 5.75 Å². The number of carbonyl (C=O) groups excluding carboxylic acids is 1. The lowest BCUT2D eigenvalue weighted by Gasteiger charge is -2.10. The number of nitrogens with one attached hydrogen (secondary N) is 1. The average Bonchev–Trinajstić information content (AvgIpc) is 2.81. The van der Waals surface area contributed by atoms with E-state index in [1.165, 1.54) is 7.11 Å². The first-order valence-electron chi connectivity index (χ1n) is 5.74. The average molecular weight is 261 g/mol. The first-order chi connectivity index (χ1) is 9.11. The molecule has 0 aliphatic heterocycles. The number of nitrogen functional groups attached to an aromatic ring is 1. The Morgan fingerprint density at radius 3 is 2.95 bits per heavy atom. The summed E-state index contributed by atoms with van der Waals surface area (Å²) in [5.74, 6) is 0.681. The van der Waals surface area contributed by atoms with Crippen LogP contribution in [0, 0.1) is 6.92 Å². The molecule has 0 aliphatic carbocycles. The van der Waals surface area contributed by atoms with Crippen molar-refractivity contribution in [1.29, 1.82) is 0 Å². The molecule has 2 aromatic rings. The second kappa shape index (κ2) is 5.43. The van der Waals surface area contributed by atoms with Gasteiger partial charge in [0, 0.05) is 6.07 Å². The number of rotatable bonds is 4. The Balaban J connectivity index is 2.10. The monoisotopic (exact) mass is 261 g/mol. The van der Waals surface area contributed by atoms with Crippen LogP contribution in [-0.4, -0.2) is 18.2 Å². The van der Waals surface area contributed by atoms with Gasteiger partial charge in [0.2, 0.25) is 0 Å². The summed E-state index contributed by atoms with van der Waals surface area (Å²) in [6.07, 6.45) is 0. The number of benzene rings is 1. The molecule has 1 aromatic heterocycles. The number of carbonyl (C=O) groups is 1. The van der Waals surface area contributed by atoms with Gasteiger partial charge in [-0.25, -0.2) is 0 Å². The van der Waals surface area contributed by atoms with Gasteiger partial charge in [0.25, 0.3) is 5.91 Å². The fourth-order valence-electron chi connectivity index (χ4n) is 1.72. The first-order valence-corrected chi connectivity index (χ1v) is 5.74. The minimum absolute atomic E-state index is 0.262. The van der Waals surface area contributed by atoms with E-state index in [1.807, 2.05) is 6.92 Å². The largest absolute Gasteiger partial charge is 0.494 e. The summed E-state index contributed by atoms with van der Waals surface area (Å²) in [4.78, 5) is 12.0. The van der Waals surface area contributed by atoms with Crippen LogP contribution in [0.2, 0.25) is 0 Å². The Bertz CT molecular complexity index is 593. The minimum atomic E-state index is -0.279. The number of nitrogens with two attached hydrogens (primary N) is 1. The number of methoxy groups -OCH3 is 1. The highest BCUT2D eigenvalue weighted by atomic mass is 16.5. The summed E-state index contributed by atoms with van der Waals surface area (Å²) in [5.41, 5.74) is 7.33. The number of hydrogen-bond donors (Lipinski definition) is 2. The van der Waals surface area contributed by atoms with E-state index in [4.69, 9.17) is 15.0 Å². The second-order valence-electron chi connectivity index (χ2n) is 4.05. The number of aromatic nitrogens is 1. The van der Waals surface area contributed by atoms with Crippen LogP contribution in [-0.2, 0) is 6.54 Å². The smallest absolute Gasteiger partial charge is 0.255 e. The highest BCUT2D eigenvalue weighted by Crippen LogP contribution is 2.25. The third-order valence-electron chi connectivity index (χ3n) is 2.59. The summed E-state index contributed by atoms with van der Waals surface area (Å²) in [7, 11) is 1.47. The molecule has 6 nitrogen and oxygen atoms in total. The molecule has 2 rings (SSSR count). The topological polar surface area (TPSA) is 90.4 Å². The van der Waals surface area contributed by atoms with Crippen LogP contribution in [0.15, 0.2) is 28.8 Å². The van der Waals surface area contributed by atoms with Crippen LogP contribution >= 0.6 is 0 Å². The molecule has 0 aliphatic rings. The SMILES string of the molecule is COc1c(N)cccc1C(=O)NCc1cc(C)no1. The number of aryl methyl sites for hydroxylation is 1. The van der Waals surface area contributed by atoms with Gasteiger partial charge in [0.15, 0.2) is 11.5 Å². The van der Waals surface area contributed by atoms with Crippen molar-refractivity contribution in [2.45, 2.75) is 13.5 Å². The Kier molecular flexibility index (Phi) is 3.70. The van der Waals surface area contributed by atoms with E-state index in [0.717, 1.165) is 5.69 Å². The van der Waals surface area contributed by atoms with Crippen molar-refractivity contribution < 1.29 is 14.1 Å². The van der Waals surface area contributed by atoms with Crippen molar-refractivity contribution in [3.63, 3.8) is 0 Å². The molecule has 0 bridgehead atoms. The Hall–Kier alpha value is -2.50. The van der Waals surface area contributed by atoms with Gasteiger partial charge in [-0.2, -0.15) is 0 Å². The number of ether oxygens (including phenoxy) is 1. The summed E-state index contributed by atoms with van der Waals surface area (Å²) in [6.45, 7) is 2.08. The molecule has 3 N–H and O–H groups in total. The maximum atomic E-state index is 12.0. The van der Waals surface area contributed by atoms with Gasteiger partial charge in [-0.3, -0.25) is 4.79 Å². The molecule has 0 fully saturated rings. The maximum absolute atomic E-state index is 12.0. The van der Waals surface area contributed by atoms with Crippen molar-refractivity contribution >= 4 is 11.6 Å². The quantitative estimate of drug-likeness (QED) is 0.814. The Labute approximate surface area is 110 Å². The molecule has 19 heavy (non-hydrogen) atoms. The van der Waals surface area contributed by atoms with Crippen molar-refractivity contribution in [3.05, 3.63) is 41.3 Å². The normalized spacial score (nSPS) is 10.2. The van der Waals surface area contributed by atoms with Crippen LogP contribution in [0.5, 0.6) is 5.75 Å². The lowest BCUT2D eigenvalue weighted by Crippen LogP contribution is -2.23. The zero-order valence-electron chi connectivity index (χ0n) is 10.8. The van der Waals surface area contributed by atoms with Crippen LogP contribution in [0.25, 0.3) is 0 Å². The summed E-state index contributed by atoms with van der Waals surface area (Å²) < 4.78 is 10.1. The van der Waals surface area contributed by atoms with E-state index >= 15 is 0 Å². The number of hydrogen-bond acceptors (Lipinski definition) is 5. The van der Waals surface area contributed by atoms with E-state index in [0.29, 0.717) is 22.8 Å². The van der Waals surface area contributed by atoms with Crippen molar-refractivity contribution in [2.24, 2.45) is 0 Å². The lowest BCUT2D eigenvalue weighted by atomic mass is 10.1. The maximum Gasteiger partial charge on any atom is 0.255 e. The zero-order chi connectivity index (χ0) is 13.8. The van der Waals surface area contributed by atoms with Gasteiger partial charge < -0.3 is 20.3 Å². The molecule has 6 heteroatoms. The zero-order valence-corrected chi connectivity index (χ0v) is 10.8. The van der Waals surface area contributed by atoms with Gasteiger partial charge in [0.05, 0.1) is 30.6 Å². The Morgan fingerprint density at radius 1 is 1.53 bits per heavy atom. The fourth-order valence-corrected chi connectivity index (χ4v) is 1.72. The molecule has 0 unspecified atom stereocenters. The predicted molar refractivity (Wildman–Crippen MR) is 69.8 cm³/mol. The second-order valence-corrected chi connectivity index (χ2v) is 4.05. The number of para-hydroxylation sites is 1. The number of anilines is 1. The van der Waals surface area contributed by atoms with Crippen LogP contribution in [0.1, 0.15) is 21.8 Å². The lowest BCUT2D eigenvalue weighted by molar-refractivity contribution is 0.0944. The number of nitrogens with zero attached hydrogens (tertiary/aromatic N) is 1. The minimum Gasteiger partial charge on any atom is -0.494 e. The van der Waals surface area contributed by atoms with E-state index < -0.39 is 0 Å². The molecule has 1 aromatic carbocycles. The molecule has 0 saturated heterocycles. The number of amides is 1. The van der Waals surface area contributed by atoms with Crippen LogP contribution < -0.4 is 15.8 Å². The highest BCUT2D eigenvalue weighted by Gasteiger charge is 2.14. The third kappa shape index (κ3) is 2.85. The third-order valence-corrected chi connectivity index (χ3v) is 2.59. The molecule has 1 heterocycles.